The summed E-state index contributed by atoms with van der Waals surface area (Å²) in [4.78, 5) is 17.6. The first kappa shape index (κ1) is 14.4. The lowest BCUT2D eigenvalue weighted by molar-refractivity contribution is 0.248. The lowest BCUT2D eigenvalue weighted by atomic mass is 10.2. The molecule has 0 radical (unpaired) electrons. The maximum Gasteiger partial charge on any atom is 0.323 e. The second-order valence-corrected chi connectivity index (χ2v) is 5.09. The molecule has 0 saturated carbocycles. The van der Waals surface area contributed by atoms with E-state index in [2.05, 4.69) is 15.4 Å². The number of nitrogens with one attached hydrogen (secondary N) is 1. The predicted molar refractivity (Wildman–Crippen MR) is 81.8 cm³/mol. The molecule has 2 rings (SSSR count). The van der Waals surface area contributed by atoms with Crippen molar-refractivity contribution in [2.75, 3.05) is 24.1 Å². The molecule has 106 valence electrons. The average Bonchev–Trinajstić information content (AvgIpc) is 2.87. The van der Waals surface area contributed by atoms with Crippen molar-refractivity contribution >= 4 is 23.6 Å². The highest BCUT2D eigenvalue weighted by Gasteiger charge is 2.16. The number of aryl methyl sites for hydroxylation is 1. The van der Waals surface area contributed by atoms with Crippen LogP contribution >= 0.6 is 11.8 Å². The SMILES string of the molecule is CSCNC(=O)N(C)c1cc(-c2cccnc2)nn1C. The number of rotatable bonds is 4. The Labute approximate surface area is 122 Å². The third kappa shape index (κ3) is 3.11. The van der Waals surface area contributed by atoms with Crippen molar-refractivity contribution in [1.82, 2.24) is 20.1 Å². The molecular formula is C13H17N5OS. The summed E-state index contributed by atoms with van der Waals surface area (Å²) in [6.07, 6.45) is 5.40. The first-order valence-electron chi connectivity index (χ1n) is 6.08. The molecule has 0 fully saturated rings. The van der Waals surface area contributed by atoms with Gasteiger partial charge in [-0.3, -0.25) is 14.6 Å². The van der Waals surface area contributed by atoms with Gasteiger partial charge in [-0.05, 0) is 18.4 Å². The lowest BCUT2D eigenvalue weighted by Crippen LogP contribution is -2.37. The molecule has 2 heterocycles. The third-order valence-corrected chi connectivity index (χ3v) is 3.26. The number of nitrogens with zero attached hydrogens (tertiary/aromatic N) is 4. The van der Waals surface area contributed by atoms with E-state index in [1.165, 1.54) is 0 Å². The van der Waals surface area contributed by atoms with Crippen LogP contribution in [0.15, 0.2) is 30.6 Å². The minimum atomic E-state index is -0.153. The molecule has 2 aromatic heterocycles. The zero-order chi connectivity index (χ0) is 14.5. The summed E-state index contributed by atoms with van der Waals surface area (Å²) in [7, 11) is 3.53. The van der Waals surface area contributed by atoms with Crippen molar-refractivity contribution in [3.63, 3.8) is 0 Å². The van der Waals surface area contributed by atoms with Gasteiger partial charge in [0.1, 0.15) is 5.82 Å². The normalized spacial score (nSPS) is 10.3. The van der Waals surface area contributed by atoms with Crippen LogP contribution in [-0.2, 0) is 7.05 Å². The zero-order valence-corrected chi connectivity index (χ0v) is 12.5. The highest BCUT2D eigenvalue weighted by atomic mass is 32.2. The Hall–Kier alpha value is -2.02. The van der Waals surface area contributed by atoms with Gasteiger partial charge < -0.3 is 5.32 Å². The quantitative estimate of drug-likeness (QED) is 0.875. The minimum Gasteiger partial charge on any atom is -0.329 e. The number of thioether (sulfide) groups is 1. The molecule has 0 saturated heterocycles. The monoisotopic (exact) mass is 291 g/mol. The molecule has 0 atom stereocenters. The van der Waals surface area contributed by atoms with E-state index < -0.39 is 0 Å². The van der Waals surface area contributed by atoms with Crippen LogP contribution in [0.25, 0.3) is 11.3 Å². The van der Waals surface area contributed by atoms with Gasteiger partial charge >= 0.3 is 6.03 Å². The number of hydrogen-bond acceptors (Lipinski definition) is 4. The summed E-state index contributed by atoms with van der Waals surface area (Å²) in [5.74, 6) is 1.30. The maximum absolute atomic E-state index is 11.9. The van der Waals surface area contributed by atoms with Crippen molar-refractivity contribution < 1.29 is 4.79 Å². The Kier molecular flexibility index (Phi) is 4.62. The predicted octanol–water partition coefficient (Wildman–Crippen LogP) is 1.95. The molecule has 20 heavy (non-hydrogen) atoms. The Morgan fingerprint density at radius 1 is 1.55 bits per heavy atom. The molecule has 7 heteroatoms. The van der Waals surface area contributed by atoms with E-state index in [0.717, 1.165) is 17.1 Å². The van der Waals surface area contributed by atoms with Gasteiger partial charge in [0.25, 0.3) is 0 Å². The highest BCUT2D eigenvalue weighted by molar-refractivity contribution is 7.98. The van der Waals surface area contributed by atoms with Crippen molar-refractivity contribution in [3.05, 3.63) is 30.6 Å². The van der Waals surface area contributed by atoms with Gasteiger partial charge in [-0.2, -0.15) is 5.10 Å². The molecule has 0 spiro atoms. The fourth-order valence-electron chi connectivity index (χ4n) is 1.78. The lowest BCUT2D eigenvalue weighted by Gasteiger charge is -2.17. The van der Waals surface area contributed by atoms with Gasteiger partial charge in [0.2, 0.25) is 0 Å². The molecule has 0 bridgehead atoms. The first-order chi connectivity index (χ1) is 9.63. The summed E-state index contributed by atoms with van der Waals surface area (Å²) < 4.78 is 1.68. The van der Waals surface area contributed by atoms with Crippen LogP contribution in [0.3, 0.4) is 0 Å². The fraction of sp³-hybridized carbons (Fsp3) is 0.308. The van der Waals surface area contributed by atoms with Gasteiger partial charge in [-0.25, -0.2) is 4.79 Å². The van der Waals surface area contributed by atoms with Crippen LogP contribution in [-0.4, -0.2) is 40.0 Å². The van der Waals surface area contributed by atoms with Gasteiger partial charge in [0.15, 0.2) is 0 Å². The molecule has 1 N–H and O–H groups in total. The maximum atomic E-state index is 11.9. The Morgan fingerprint density at radius 3 is 3.00 bits per heavy atom. The molecule has 0 aromatic carbocycles. The van der Waals surface area contributed by atoms with Crippen LogP contribution in [0.5, 0.6) is 0 Å². The van der Waals surface area contributed by atoms with E-state index in [-0.39, 0.29) is 6.03 Å². The molecular weight excluding hydrogens is 274 g/mol. The van der Waals surface area contributed by atoms with Gasteiger partial charge in [0, 0.05) is 38.1 Å². The van der Waals surface area contributed by atoms with Crippen LogP contribution in [0, 0.1) is 0 Å². The number of hydrogen-bond donors (Lipinski definition) is 1. The number of urea groups is 1. The largest absolute Gasteiger partial charge is 0.329 e. The summed E-state index contributed by atoms with van der Waals surface area (Å²) in [5, 5.41) is 7.22. The number of amides is 2. The van der Waals surface area contributed by atoms with Crippen molar-refractivity contribution in [3.8, 4) is 11.3 Å². The Balaban J connectivity index is 2.21. The Morgan fingerprint density at radius 2 is 2.35 bits per heavy atom. The summed E-state index contributed by atoms with van der Waals surface area (Å²) in [6.45, 7) is 0. The van der Waals surface area contributed by atoms with Crippen LogP contribution in [0.4, 0.5) is 10.6 Å². The van der Waals surface area contributed by atoms with Crippen molar-refractivity contribution in [2.24, 2.45) is 7.05 Å². The standard InChI is InChI=1S/C13H17N5OS/c1-17(13(19)15-9-20-3)12-7-11(16-18(12)2)10-5-4-6-14-8-10/h4-8H,9H2,1-3H3,(H,15,19). The van der Waals surface area contributed by atoms with Gasteiger partial charge in [-0.15, -0.1) is 11.8 Å². The van der Waals surface area contributed by atoms with E-state index in [9.17, 15) is 4.79 Å². The smallest absolute Gasteiger partial charge is 0.323 e. The summed E-state index contributed by atoms with van der Waals surface area (Å²) in [6, 6.07) is 5.52. The highest BCUT2D eigenvalue weighted by Crippen LogP contribution is 2.22. The number of carbonyl (C=O) groups excluding carboxylic acids is 1. The molecule has 0 aliphatic rings. The zero-order valence-electron chi connectivity index (χ0n) is 11.7. The van der Waals surface area contributed by atoms with E-state index in [0.29, 0.717) is 5.88 Å². The molecule has 6 nitrogen and oxygen atoms in total. The molecule has 0 aliphatic carbocycles. The van der Waals surface area contributed by atoms with Crippen LogP contribution in [0.1, 0.15) is 0 Å². The number of carbonyl (C=O) groups is 1. The number of anilines is 1. The Bertz CT molecular complexity index is 584. The first-order valence-corrected chi connectivity index (χ1v) is 7.48. The number of aromatic nitrogens is 3. The van der Waals surface area contributed by atoms with E-state index in [1.807, 2.05) is 31.5 Å². The minimum absolute atomic E-state index is 0.153. The molecule has 2 amide bonds. The van der Waals surface area contributed by atoms with Gasteiger partial charge in [0.05, 0.1) is 11.6 Å². The van der Waals surface area contributed by atoms with Crippen molar-refractivity contribution in [2.45, 2.75) is 0 Å². The van der Waals surface area contributed by atoms with E-state index >= 15 is 0 Å². The van der Waals surface area contributed by atoms with E-state index in [4.69, 9.17) is 0 Å². The molecule has 0 unspecified atom stereocenters. The topological polar surface area (TPSA) is 63.1 Å². The van der Waals surface area contributed by atoms with Crippen LogP contribution in [0.2, 0.25) is 0 Å². The fourth-order valence-corrected chi connectivity index (χ4v) is 2.05. The molecule has 2 aromatic rings. The van der Waals surface area contributed by atoms with Crippen molar-refractivity contribution in [1.29, 1.82) is 0 Å². The molecule has 0 aliphatic heterocycles. The third-order valence-electron chi connectivity index (χ3n) is 2.83. The van der Waals surface area contributed by atoms with Gasteiger partial charge in [-0.1, -0.05) is 0 Å². The second kappa shape index (κ2) is 6.42. The summed E-state index contributed by atoms with van der Waals surface area (Å²) >= 11 is 1.56. The average molecular weight is 291 g/mol. The second-order valence-electron chi connectivity index (χ2n) is 4.23. The van der Waals surface area contributed by atoms with Crippen LogP contribution < -0.4 is 10.2 Å². The number of pyridine rings is 1. The summed E-state index contributed by atoms with van der Waals surface area (Å²) in [5.41, 5.74) is 1.72. The van der Waals surface area contributed by atoms with E-state index in [1.54, 1.807) is 40.8 Å².